The highest BCUT2D eigenvalue weighted by Crippen LogP contribution is 2.29. The first-order valence-electron chi connectivity index (χ1n) is 8.72. The molecule has 0 heterocycles. The third kappa shape index (κ3) is 4.40. The van der Waals surface area contributed by atoms with E-state index in [0.717, 1.165) is 27.6 Å². The van der Waals surface area contributed by atoms with Crippen LogP contribution in [0.15, 0.2) is 60.7 Å². The van der Waals surface area contributed by atoms with Gasteiger partial charge in [0.05, 0.1) is 6.61 Å². The van der Waals surface area contributed by atoms with E-state index in [9.17, 15) is 9.50 Å². The number of hydrogen-bond acceptors (Lipinski definition) is 3. The van der Waals surface area contributed by atoms with Crippen molar-refractivity contribution in [3.05, 3.63) is 77.6 Å². The molecule has 136 valence electrons. The van der Waals surface area contributed by atoms with Crippen LogP contribution in [0.25, 0.3) is 10.8 Å². The van der Waals surface area contributed by atoms with E-state index in [0.29, 0.717) is 13.2 Å². The monoisotopic (exact) mass is 353 g/mol. The van der Waals surface area contributed by atoms with Crippen LogP contribution in [0.1, 0.15) is 25.0 Å². The summed E-state index contributed by atoms with van der Waals surface area (Å²) in [7, 11) is 0. The standard InChI is InChI=1S/C22H24FNO2/c1-22(2,15-25)24-13-20-19-6-4-3-5-17(19)9-12-21(20)26-14-16-7-10-18(23)11-8-16/h3-12,24-25H,13-15H2,1-2H3. The van der Waals surface area contributed by atoms with E-state index in [1.807, 2.05) is 38.1 Å². The van der Waals surface area contributed by atoms with Gasteiger partial charge in [-0.3, -0.25) is 0 Å². The van der Waals surface area contributed by atoms with Gasteiger partial charge in [-0.1, -0.05) is 42.5 Å². The molecule has 0 radical (unpaired) electrons. The number of hydrogen-bond donors (Lipinski definition) is 2. The van der Waals surface area contributed by atoms with Gasteiger partial charge in [0.1, 0.15) is 18.2 Å². The van der Waals surface area contributed by atoms with E-state index >= 15 is 0 Å². The molecule has 0 bridgehead atoms. The molecule has 3 rings (SSSR count). The van der Waals surface area contributed by atoms with Crippen molar-refractivity contribution >= 4 is 10.8 Å². The van der Waals surface area contributed by atoms with Crippen molar-refractivity contribution < 1.29 is 14.2 Å². The molecule has 0 atom stereocenters. The quantitative estimate of drug-likeness (QED) is 0.661. The number of ether oxygens (including phenoxy) is 1. The molecule has 3 aromatic carbocycles. The fourth-order valence-corrected chi connectivity index (χ4v) is 2.76. The maximum Gasteiger partial charge on any atom is 0.124 e. The van der Waals surface area contributed by atoms with E-state index in [2.05, 4.69) is 17.4 Å². The lowest BCUT2D eigenvalue weighted by molar-refractivity contribution is 0.187. The smallest absolute Gasteiger partial charge is 0.124 e. The third-order valence-electron chi connectivity index (χ3n) is 4.44. The molecule has 3 aromatic rings. The lowest BCUT2D eigenvalue weighted by atomic mass is 10.0. The number of benzene rings is 3. The molecule has 0 saturated heterocycles. The molecule has 2 N–H and O–H groups in total. The van der Waals surface area contributed by atoms with Crippen LogP contribution in [0.5, 0.6) is 5.75 Å². The van der Waals surface area contributed by atoms with E-state index in [1.54, 1.807) is 12.1 Å². The van der Waals surface area contributed by atoms with Crippen LogP contribution in [0.4, 0.5) is 4.39 Å². The Morgan fingerprint density at radius 3 is 2.46 bits per heavy atom. The van der Waals surface area contributed by atoms with Gasteiger partial charge in [-0.15, -0.1) is 0 Å². The van der Waals surface area contributed by atoms with Gasteiger partial charge < -0.3 is 15.2 Å². The fraction of sp³-hybridized carbons (Fsp3) is 0.273. The van der Waals surface area contributed by atoms with Gasteiger partial charge in [0.25, 0.3) is 0 Å². The first kappa shape index (κ1) is 18.4. The predicted molar refractivity (Wildman–Crippen MR) is 103 cm³/mol. The van der Waals surface area contributed by atoms with Crippen LogP contribution in [-0.4, -0.2) is 17.3 Å². The Morgan fingerprint density at radius 2 is 1.73 bits per heavy atom. The second kappa shape index (κ2) is 7.85. The van der Waals surface area contributed by atoms with Gasteiger partial charge in [-0.2, -0.15) is 0 Å². The van der Waals surface area contributed by atoms with Crippen molar-refractivity contribution in [3.8, 4) is 5.75 Å². The van der Waals surface area contributed by atoms with Gasteiger partial charge in [0, 0.05) is 17.6 Å². The average Bonchev–Trinajstić information content (AvgIpc) is 2.66. The topological polar surface area (TPSA) is 41.5 Å². The summed E-state index contributed by atoms with van der Waals surface area (Å²) in [5, 5.41) is 15.1. The first-order valence-corrected chi connectivity index (χ1v) is 8.72. The summed E-state index contributed by atoms with van der Waals surface area (Å²) in [6.45, 7) is 4.90. The molecule has 0 aliphatic rings. The average molecular weight is 353 g/mol. The summed E-state index contributed by atoms with van der Waals surface area (Å²) in [5.74, 6) is 0.532. The maximum absolute atomic E-state index is 13.1. The van der Waals surface area contributed by atoms with Crippen molar-refractivity contribution in [1.29, 1.82) is 0 Å². The number of halogens is 1. The van der Waals surface area contributed by atoms with Crippen molar-refractivity contribution in [2.24, 2.45) is 0 Å². The van der Waals surface area contributed by atoms with Gasteiger partial charge in [0.2, 0.25) is 0 Å². The van der Waals surface area contributed by atoms with Crippen molar-refractivity contribution in [1.82, 2.24) is 5.32 Å². The van der Waals surface area contributed by atoms with Crippen molar-refractivity contribution in [2.45, 2.75) is 32.5 Å². The molecule has 26 heavy (non-hydrogen) atoms. The Balaban J connectivity index is 1.88. The zero-order valence-corrected chi connectivity index (χ0v) is 15.1. The zero-order valence-electron chi connectivity index (χ0n) is 15.1. The second-order valence-electron chi connectivity index (χ2n) is 7.07. The Bertz CT molecular complexity index is 875. The lowest BCUT2D eigenvalue weighted by Crippen LogP contribution is -2.42. The van der Waals surface area contributed by atoms with Crippen molar-refractivity contribution in [2.75, 3.05) is 6.61 Å². The summed E-state index contributed by atoms with van der Waals surface area (Å²) in [6.07, 6.45) is 0. The van der Waals surface area contributed by atoms with Gasteiger partial charge in [-0.25, -0.2) is 4.39 Å². The van der Waals surface area contributed by atoms with Crippen LogP contribution >= 0.6 is 0 Å². The van der Waals surface area contributed by atoms with Crippen LogP contribution in [0.2, 0.25) is 0 Å². The number of aliphatic hydroxyl groups excluding tert-OH is 1. The first-order chi connectivity index (χ1) is 12.5. The van der Waals surface area contributed by atoms with Crippen molar-refractivity contribution in [3.63, 3.8) is 0 Å². The number of nitrogens with one attached hydrogen (secondary N) is 1. The van der Waals surface area contributed by atoms with Gasteiger partial charge in [0.15, 0.2) is 0 Å². The highest BCUT2D eigenvalue weighted by Gasteiger charge is 2.17. The highest BCUT2D eigenvalue weighted by atomic mass is 19.1. The summed E-state index contributed by atoms with van der Waals surface area (Å²) >= 11 is 0. The number of rotatable bonds is 7. The van der Waals surface area contributed by atoms with Crippen LogP contribution in [0, 0.1) is 5.82 Å². The fourth-order valence-electron chi connectivity index (χ4n) is 2.76. The molecule has 0 amide bonds. The van der Waals surface area contributed by atoms with Gasteiger partial charge >= 0.3 is 0 Å². The Kier molecular flexibility index (Phi) is 5.55. The molecule has 0 aliphatic carbocycles. The summed E-state index contributed by atoms with van der Waals surface area (Å²) in [6, 6.07) is 18.5. The van der Waals surface area contributed by atoms with E-state index < -0.39 is 0 Å². The highest BCUT2D eigenvalue weighted by molar-refractivity contribution is 5.87. The maximum atomic E-state index is 13.1. The predicted octanol–water partition coefficient (Wildman–Crippen LogP) is 4.42. The molecular weight excluding hydrogens is 329 g/mol. The molecule has 0 spiro atoms. The molecule has 0 saturated carbocycles. The Hall–Kier alpha value is -2.43. The molecule has 0 aliphatic heterocycles. The molecule has 4 heteroatoms. The molecule has 0 unspecified atom stereocenters. The van der Waals surface area contributed by atoms with Crippen LogP contribution in [-0.2, 0) is 13.2 Å². The largest absolute Gasteiger partial charge is 0.489 e. The number of aliphatic hydroxyl groups is 1. The number of fused-ring (bicyclic) bond motifs is 1. The van der Waals surface area contributed by atoms with Gasteiger partial charge in [-0.05, 0) is 48.4 Å². The molecule has 0 aromatic heterocycles. The van der Waals surface area contributed by atoms with E-state index in [4.69, 9.17) is 4.74 Å². The second-order valence-corrected chi connectivity index (χ2v) is 7.07. The lowest BCUT2D eigenvalue weighted by Gasteiger charge is -2.25. The zero-order chi connectivity index (χ0) is 18.6. The van der Waals surface area contributed by atoms with E-state index in [1.165, 1.54) is 12.1 Å². The Morgan fingerprint density at radius 1 is 1.00 bits per heavy atom. The minimum atomic E-state index is -0.384. The summed E-state index contributed by atoms with van der Waals surface area (Å²) in [5.41, 5.74) is 1.58. The SMILES string of the molecule is CC(C)(CO)NCc1c(OCc2ccc(F)cc2)ccc2ccccc12. The van der Waals surface area contributed by atoms with Crippen LogP contribution < -0.4 is 10.1 Å². The molecule has 3 nitrogen and oxygen atoms in total. The normalized spacial score (nSPS) is 11.7. The minimum absolute atomic E-state index is 0.0452. The third-order valence-corrected chi connectivity index (χ3v) is 4.44. The minimum Gasteiger partial charge on any atom is -0.489 e. The Labute approximate surface area is 153 Å². The molecular formula is C22H24FNO2. The summed E-state index contributed by atoms with van der Waals surface area (Å²) in [4.78, 5) is 0. The van der Waals surface area contributed by atoms with Crippen LogP contribution in [0.3, 0.4) is 0 Å². The molecule has 0 fully saturated rings. The van der Waals surface area contributed by atoms with E-state index in [-0.39, 0.29) is 18.0 Å². The summed E-state index contributed by atoms with van der Waals surface area (Å²) < 4.78 is 19.1.